The van der Waals surface area contributed by atoms with E-state index in [0.717, 1.165) is 23.1 Å². The standard InChI is InChI=1S/C9H11F.C8H10N2.C5H12.C4H10.C3H8/c1-3-8-5-4-7(2)9(10)6-8;1-6(9)7-4-2-3-5-8(7)10;1-3-5-4-2;1-3-4-2;1-3-2/h4-6H,3H2,1-2H3;2-5,9H,10H2,1H3;3-5H2,1-2H3;3-4H2,1-2H3;3H2,1-2H3. The van der Waals surface area contributed by atoms with E-state index in [0.29, 0.717) is 11.4 Å². The maximum atomic E-state index is 12.8. The zero-order valence-corrected chi connectivity index (χ0v) is 22.4. The highest BCUT2D eigenvalue weighted by atomic mass is 19.1. The Morgan fingerprint density at radius 2 is 1.34 bits per heavy atom. The van der Waals surface area contributed by atoms with Crippen LogP contribution in [0.15, 0.2) is 42.5 Å². The summed E-state index contributed by atoms with van der Waals surface area (Å²) in [5, 5.41) is 7.30. The normalized spacial score (nSPS) is 8.81. The lowest BCUT2D eigenvalue weighted by Gasteiger charge is -2.00. The highest BCUT2D eigenvalue weighted by Crippen LogP contribution is 2.10. The van der Waals surface area contributed by atoms with Gasteiger partial charge in [-0.25, -0.2) is 4.39 Å². The molecular formula is C29H51FN2. The first-order chi connectivity index (χ1) is 15.2. The Hall–Kier alpha value is -2.16. The van der Waals surface area contributed by atoms with Crippen molar-refractivity contribution in [3.63, 3.8) is 0 Å². The van der Waals surface area contributed by atoms with Crippen molar-refractivity contribution < 1.29 is 4.39 Å². The minimum absolute atomic E-state index is 0.0978. The molecule has 0 unspecified atom stereocenters. The minimum Gasteiger partial charge on any atom is -0.398 e. The molecule has 0 aromatic heterocycles. The van der Waals surface area contributed by atoms with Gasteiger partial charge in [-0.05, 0) is 43.5 Å². The summed E-state index contributed by atoms with van der Waals surface area (Å²) < 4.78 is 12.8. The van der Waals surface area contributed by atoms with E-state index in [9.17, 15) is 4.39 Å². The lowest BCUT2D eigenvalue weighted by molar-refractivity contribution is 0.616. The number of unbranched alkanes of at least 4 members (excludes halogenated alkanes) is 3. The van der Waals surface area contributed by atoms with Gasteiger partial charge in [-0.2, -0.15) is 0 Å². The van der Waals surface area contributed by atoms with Gasteiger partial charge in [0, 0.05) is 17.0 Å². The van der Waals surface area contributed by atoms with Gasteiger partial charge in [-0.3, -0.25) is 0 Å². The number of nitrogens with two attached hydrogens (primary N) is 1. The van der Waals surface area contributed by atoms with Gasteiger partial charge >= 0.3 is 0 Å². The van der Waals surface area contributed by atoms with Crippen LogP contribution in [0.25, 0.3) is 0 Å². The van der Waals surface area contributed by atoms with E-state index in [-0.39, 0.29) is 5.82 Å². The Morgan fingerprint density at radius 1 is 0.844 bits per heavy atom. The molecule has 0 saturated carbocycles. The van der Waals surface area contributed by atoms with Crippen LogP contribution in [0.5, 0.6) is 0 Å². The van der Waals surface area contributed by atoms with E-state index >= 15 is 0 Å². The second kappa shape index (κ2) is 25.1. The molecule has 2 rings (SSSR count). The molecular weight excluding hydrogens is 395 g/mol. The van der Waals surface area contributed by atoms with Crippen LogP contribution in [0.1, 0.15) is 111 Å². The molecule has 32 heavy (non-hydrogen) atoms. The molecule has 0 radical (unpaired) electrons. The molecule has 0 aliphatic heterocycles. The summed E-state index contributed by atoms with van der Waals surface area (Å²) in [5.74, 6) is -0.0978. The lowest BCUT2D eigenvalue weighted by atomic mass is 10.1. The van der Waals surface area contributed by atoms with Crippen LogP contribution in [0.4, 0.5) is 10.1 Å². The summed E-state index contributed by atoms with van der Waals surface area (Å²) >= 11 is 0. The van der Waals surface area contributed by atoms with Crippen molar-refractivity contribution in [3.8, 4) is 0 Å². The number of anilines is 1. The summed E-state index contributed by atoms with van der Waals surface area (Å²) in [6.07, 6.45) is 8.87. The molecule has 0 atom stereocenters. The molecule has 3 heteroatoms. The first-order valence-electron chi connectivity index (χ1n) is 12.3. The molecule has 3 N–H and O–H groups in total. The molecule has 2 nitrogen and oxygen atoms in total. The van der Waals surface area contributed by atoms with Crippen LogP contribution in [-0.2, 0) is 6.42 Å². The number of benzene rings is 2. The fraction of sp³-hybridized carbons (Fsp3) is 0.552. The van der Waals surface area contributed by atoms with Gasteiger partial charge in [0.05, 0.1) is 0 Å². The van der Waals surface area contributed by atoms with Crippen molar-refractivity contribution in [2.45, 2.75) is 107 Å². The Balaban J connectivity index is -0.000000358. The van der Waals surface area contributed by atoms with Crippen molar-refractivity contribution in [2.24, 2.45) is 0 Å². The summed E-state index contributed by atoms with van der Waals surface area (Å²) in [5.41, 5.74) is 9.37. The Bertz CT molecular complexity index is 677. The molecule has 2 aromatic rings. The SMILES string of the molecule is CC(=N)c1ccccc1N.CCC.CCCC.CCCCC.CCc1ccc(C)c(F)c1. The number of halogens is 1. The van der Waals surface area contributed by atoms with Crippen molar-refractivity contribution in [1.29, 1.82) is 5.41 Å². The number of aryl methyl sites for hydroxylation is 2. The molecule has 0 heterocycles. The van der Waals surface area contributed by atoms with Crippen LogP contribution < -0.4 is 5.73 Å². The Morgan fingerprint density at radius 3 is 1.62 bits per heavy atom. The van der Waals surface area contributed by atoms with Crippen molar-refractivity contribution in [2.75, 3.05) is 5.73 Å². The average molecular weight is 447 g/mol. The van der Waals surface area contributed by atoms with Gasteiger partial charge < -0.3 is 11.1 Å². The quantitative estimate of drug-likeness (QED) is 0.348. The maximum absolute atomic E-state index is 12.8. The van der Waals surface area contributed by atoms with Gasteiger partial charge in [-0.15, -0.1) is 0 Å². The second-order valence-electron chi connectivity index (χ2n) is 7.71. The topological polar surface area (TPSA) is 49.9 Å². The monoisotopic (exact) mass is 446 g/mol. The molecule has 2 aromatic carbocycles. The predicted molar refractivity (Wildman–Crippen MR) is 146 cm³/mol. The van der Waals surface area contributed by atoms with Crippen LogP contribution in [0, 0.1) is 18.2 Å². The lowest BCUT2D eigenvalue weighted by Crippen LogP contribution is -1.97. The molecule has 0 amide bonds. The average Bonchev–Trinajstić information content (AvgIpc) is 2.78. The first-order valence-corrected chi connectivity index (χ1v) is 12.3. The summed E-state index contributed by atoms with van der Waals surface area (Å²) in [7, 11) is 0. The minimum atomic E-state index is -0.0978. The van der Waals surface area contributed by atoms with E-state index in [2.05, 4.69) is 41.5 Å². The van der Waals surface area contributed by atoms with E-state index in [1.807, 2.05) is 37.3 Å². The summed E-state index contributed by atoms with van der Waals surface area (Å²) in [6, 6.07) is 12.7. The molecule has 0 aliphatic rings. The van der Waals surface area contributed by atoms with E-state index in [1.165, 1.54) is 38.5 Å². The Kier molecular flexibility index (Phi) is 27.0. The largest absolute Gasteiger partial charge is 0.398 e. The number of rotatable bonds is 5. The second-order valence-corrected chi connectivity index (χ2v) is 7.71. The molecule has 0 fully saturated rings. The number of hydrogen-bond donors (Lipinski definition) is 2. The number of para-hydroxylation sites is 1. The molecule has 0 spiro atoms. The van der Waals surface area contributed by atoms with Crippen molar-refractivity contribution in [3.05, 3.63) is 65.0 Å². The Labute approximate surface area is 199 Å². The zero-order chi connectivity index (χ0) is 25.4. The van der Waals surface area contributed by atoms with Crippen LogP contribution in [-0.4, -0.2) is 5.71 Å². The van der Waals surface area contributed by atoms with Gasteiger partial charge in [0.2, 0.25) is 0 Å². The third-order valence-corrected chi connectivity index (χ3v) is 4.22. The maximum Gasteiger partial charge on any atom is 0.126 e. The summed E-state index contributed by atoms with van der Waals surface area (Å²) in [4.78, 5) is 0. The predicted octanol–water partition coefficient (Wildman–Crippen LogP) is 9.77. The highest BCUT2D eigenvalue weighted by molar-refractivity contribution is 6.00. The molecule has 0 aliphatic carbocycles. The van der Waals surface area contributed by atoms with Crippen molar-refractivity contribution in [1.82, 2.24) is 0 Å². The third-order valence-electron chi connectivity index (χ3n) is 4.22. The number of nitrogens with one attached hydrogen (secondary N) is 1. The van der Waals surface area contributed by atoms with Crippen LogP contribution in [0.3, 0.4) is 0 Å². The third kappa shape index (κ3) is 21.1. The van der Waals surface area contributed by atoms with E-state index in [1.54, 1.807) is 26.0 Å². The number of nitrogen functional groups attached to an aromatic ring is 1. The van der Waals surface area contributed by atoms with Crippen LogP contribution >= 0.6 is 0 Å². The van der Waals surface area contributed by atoms with Gasteiger partial charge in [0.15, 0.2) is 0 Å². The van der Waals surface area contributed by atoms with Gasteiger partial charge in [0.25, 0.3) is 0 Å². The van der Waals surface area contributed by atoms with Crippen LogP contribution in [0.2, 0.25) is 0 Å². The van der Waals surface area contributed by atoms with Gasteiger partial charge in [0.1, 0.15) is 5.82 Å². The fourth-order valence-corrected chi connectivity index (χ4v) is 2.05. The van der Waals surface area contributed by atoms with Crippen molar-refractivity contribution >= 4 is 11.4 Å². The number of hydrogen-bond acceptors (Lipinski definition) is 2. The molecule has 184 valence electrons. The zero-order valence-electron chi connectivity index (χ0n) is 22.4. The van der Waals surface area contributed by atoms with E-state index < -0.39 is 0 Å². The fourth-order valence-electron chi connectivity index (χ4n) is 2.05. The smallest absolute Gasteiger partial charge is 0.126 e. The first kappa shape index (κ1) is 34.5. The highest BCUT2D eigenvalue weighted by Gasteiger charge is 1.97. The summed E-state index contributed by atoms with van der Waals surface area (Å²) in [6.45, 7) is 18.6. The molecule has 0 saturated heterocycles. The van der Waals surface area contributed by atoms with E-state index in [4.69, 9.17) is 11.1 Å². The molecule has 0 bridgehead atoms. The van der Waals surface area contributed by atoms with Gasteiger partial charge in [-0.1, -0.05) is 117 Å².